The van der Waals surface area contributed by atoms with Gasteiger partial charge in [0.15, 0.2) is 17.3 Å². The van der Waals surface area contributed by atoms with Crippen molar-refractivity contribution in [1.82, 2.24) is 9.80 Å². The third kappa shape index (κ3) is 3.04. The summed E-state index contributed by atoms with van der Waals surface area (Å²) in [5.41, 5.74) is 0.699. The van der Waals surface area contributed by atoms with E-state index in [1.165, 1.54) is 0 Å². The highest BCUT2D eigenvalue weighted by Crippen LogP contribution is 2.32. The van der Waals surface area contributed by atoms with Gasteiger partial charge in [-0.3, -0.25) is 14.6 Å². The van der Waals surface area contributed by atoms with Crippen LogP contribution in [0.4, 0.5) is 0 Å². The first-order chi connectivity index (χ1) is 10.2. The number of nitrogens with zero attached hydrogens (tertiary/aromatic N) is 2. The quantitative estimate of drug-likeness (QED) is 0.788. The summed E-state index contributed by atoms with van der Waals surface area (Å²) < 4.78 is 10.6. The van der Waals surface area contributed by atoms with Crippen molar-refractivity contribution in [3.63, 3.8) is 0 Å². The van der Waals surface area contributed by atoms with Crippen LogP contribution in [0.15, 0.2) is 18.2 Å². The van der Waals surface area contributed by atoms with Crippen molar-refractivity contribution in [2.75, 3.05) is 39.5 Å². The maximum atomic E-state index is 12.4. The minimum atomic E-state index is 0.144. The lowest BCUT2D eigenvalue weighted by Gasteiger charge is -2.39. The van der Waals surface area contributed by atoms with Gasteiger partial charge in [0.1, 0.15) is 0 Å². The first kappa shape index (κ1) is 14.4. The van der Waals surface area contributed by atoms with Gasteiger partial charge in [-0.05, 0) is 31.7 Å². The fourth-order valence-corrected chi connectivity index (χ4v) is 3.05. The van der Waals surface area contributed by atoms with Crippen LogP contribution in [0.2, 0.25) is 0 Å². The molecule has 0 aliphatic carbocycles. The second-order valence-corrected chi connectivity index (χ2v) is 5.70. The van der Waals surface area contributed by atoms with E-state index in [2.05, 4.69) is 23.6 Å². The largest absolute Gasteiger partial charge is 0.454 e. The van der Waals surface area contributed by atoms with E-state index in [1.54, 1.807) is 6.07 Å². The Bertz CT molecular complexity index is 532. The van der Waals surface area contributed by atoms with Crippen molar-refractivity contribution >= 4 is 5.78 Å². The highest BCUT2D eigenvalue weighted by Gasteiger charge is 2.24. The van der Waals surface area contributed by atoms with Crippen LogP contribution in [-0.2, 0) is 0 Å². The molecule has 0 saturated carbocycles. The Balaban J connectivity index is 1.62. The summed E-state index contributed by atoms with van der Waals surface area (Å²) in [5, 5.41) is 0. The van der Waals surface area contributed by atoms with Crippen LogP contribution in [0, 0.1) is 0 Å². The number of fused-ring (bicyclic) bond motifs is 1. The normalized spacial score (nSPS) is 22.5. The zero-order valence-electron chi connectivity index (χ0n) is 12.7. The fraction of sp³-hybridized carbons (Fsp3) is 0.562. The van der Waals surface area contributed by atoms with Gasteiger partial charge in [-0.25, -0.2) is 0 Å². The first-order valence-corrected chi connectivity index (χ1v) is 7.56. The van der Waals surface area contributed by atoms with E-state index in [-0.39, 0.29) is 12.6 Å². The number of benzene rings is 1. The van der Waals surface area contributed by atoms with Gasteiger partial charge in [-0.2, -0.15) is 0 Å². The van der Waals surface area contributed by atoms with Gasteiger partial charge >= 0.3 is 0 Å². The molecule has 0 N–H and O–H groups in total. The molecular formula is C16H22N2O3. The van der Waals surface area contributed by atoms with Crippen LogP contribution in [0.5, 0.6) is 11.5 Å². The molecule has 3 rings (SSSR count). The van der Waals surface area contributed by atoms with Crippen LogP contribution < -0.4 is 9.47 Å². The standard InChI is InChI=1S/C16H22N2O3/c1-3-18-7-6-17(9-12(18)2)10-14(19)13-4-5-15-16(8-13)21-11-20-15/h4-5,8,12H,3,6-7,9-11H2,1-2H3. The smallest absolute Gasteiger partial charge is 0.231 e. The summed E-state index contributed by atoms with van der Waals surface area (Å²) in [7, 11) is 0. The van der Waals surface area contributed by atoms with E-state index < -0.39 is 0 Å². The van der Waals surface area contributed by atoms with Gasteiger partial charge in [0.2, 0.25) is 6.79 Å². The molecule has 0 amide bonds. The summed E-state index contributed by atoms with van der Waals surface area (Å²) in [6.07, 6.45) is 0. The van der Waals surface area contributed by atoms with E-state index in [1.807, 2.05) is 12.1 Å². The monoisotopic (exact) mass is 290 g/mol. The molecule has 2 heterocycles. The van der Waals surface area contributed by atoms with Crippen LogP contribution in [0.1, 0.15) is 24.2 Å². The second kappa shape index (κ2) is 6.03. The van der Waals surface area contributed by atoms with E-state index in [9.17, 15) is 4.79 Å². The van der Waals surface area contributed by atoms with Crippen LogP contribution in [0.25, 0.3) is 0 Å². The average Bonchev–Trinajstić information content (AvgIpc) is 2.94. The number of carbonyl (C=O) groups excluding carboxylic acids is 1. The summed E-state index contributed by atoms with van der Waals surface area (Å²) in [6, 6.07) is 5.93. The Morgan fingerprint density at radius 1 is 1.29 bits per heavy atom. The van der Waals surface area contributed by atoms with Gasteiger partial charge in [-0.1, -0.05) is 6.92 Å². The number of hydrogen-bond acceptors (Lipinski definition) is 5. The predicted molar refractivity (Wildman–Crippen MR) is 80.0 cm³/mol. The molecule has 114 valence electrons. The van der Waals surface area contributed by atoms with Crippen molar-refractivity contribution in [3.05, 3.63) is 23.8 Å². The highest BCUT2D eigenvalue weighted by atomic mass is 16.7. The van der Waals surface area contributed by atoms with E-state index >= 15 is 0 Å². The van der Waals surface area contributed by atoms with Crippen molar-refractivity contribution < 1.29 is 14.3 Å². The summed E-state index contributed by atoms with van der Waals surface area (Å²) in [6.45, 7) is 9.13. The van der Waals surface area contributed by atoms with Crippen LogP contribution in [-0.4, -0.2) is 61.1 Å². The van der Waals surface area contributed by atoms with E-state index in [0.29, 0.717) is 23.9 Å². The molecule has 2 aliphatic rings. The number of Topliss-reactive ketones (excluding diaryl/α,β-unsaturated/α-hetero) is 1. The minimum Gasteiger partial charge on any atom is -0.454 e. The topological polar surface area (TPSA) is 42.0 Å². The molecule has 1 atom stereocenters. The predicted octanol–water partition coefficient (Wildman–Crippen LogP) is 1.62. The molecule has 0 radical (unpaired) electrons. The Kier molecular flexibility index (Phi) is 4.12. The van der Waals surface area contributed by atoms with Crippen molar-refractivity contribution in [2.45, 2.75) is 19.9 Å². The number of hydrogen-bond donors (Lipinski definition) is 0. The molecule has 1 aromatic rings. The molecule has 0 bridgehead atoms. The lowest BCUT2D eigenvalue weighted by atomic mass is 10.1. The third-order valence-corrected chi connectivity index (χ3v) is 4.32. The molecule has 1 unspecified atom stereocenters. The van der Waals surface area contributed by atoms with Gasteiger partial charge < -0.3 is 9.47 Å². The number of ketones is 1. The Morgan fingerprint density at radius 3 is 2.86 bits per heavy atom. The number of ether oxygens (including phenoxy) is 2. The molecule has 21 heavy (non-hydrogen) atoms. The summed E-state index contributed by atoms with van der Waals surface area (Å²) >= 11 is 0. The Labute approximate surface area is 125 Å². The van der Waals surface area contributed by atoms with Crippen molar-refractivity contribution in [3.8, 4) is 11.5 Å². The Hall–Kier alpha value is -1.59. The number of rotatable bonds is 4. The minimum absolute atomic E-state index is 0.144. The number of piperazine rings is 1. The van der Waals surface area contributed by atoms with Gasteiger partial charge in [-0.15, -0.1) is 0 Å². The lowest BCUT2D eigenvalue weighted by Crippen LogP contribution is -2.52. The molecule has 0 spiro atoms. The molecule has 2 aliphatic heterocycles. The average molecular weight is 290 g/mol. The summed E-state index contributed by atoms with van der Waals surface area (Å²) in [4.78, 5) is 17.1. The second-order valence-electron chi connectivity index (χ2n) is 5.70. The van der Waals surface area contributed by atoms with Gasteiger partial charge in [0, 0.05) is 31.2 Å². The molecule has 1 aromatic carbocycles. The summed E-state index contributed by atoms with van der Waals surface area (Å²) in [5.74, 6) is 1.53. The molecule has 5 heteroatoms. The zero-order valence-corrected chi connectivity index (χ0v) is 12.7. The fourth-order valence-electron chi connectivity index (χ4n) is 3.05. The first-order valence-electron chi connectivity index (χ1n) is 7.56. The maximum absolute atomic E-state index is 12.4. The SMILES string of the molecule is CCN1CCN(CC(=O)c2ccc3c(c2)OCO3)CC1C. The molecule has 5 nitrogen and oxygen atoms in total. The molecule has 1 fully saturated rings. The molecule has 1 saturated heterocycles. The molecular weight excluding hydrogens is 268 g/mol. The van der Waals surface area contributed by atoms with Gasteiger partial charge in [0.05, 0.1) is 6.54 Å². The van der Waals surface area contributed by atoms with Crippen molar-refractivity contribution in [1.29, 1.82) is 0 Å². The maximum Gasteiger partial charge on any atom is 0.231 e. The Morgan fingerprint density at radius 2 is 2.10 bits per heavy atom. The molecule has 0 aromatic heterocycles. The van der Waals surface area contributed by atoms with E-state index in [0.717, 1.165) is 31.9 Å². The highest BCUT2D eigenvalue weighted by molar-refractivity contribution is 5.98. The number of likely N-dealkylation sites (N-methyl/N-ethyl adjacent to an activating group) is 1. The zero-order chi connectivity index (χ0) is 14.8. The number of carbonyl (C=O) groups is 1. The lowest BCUT2D eigenvalue weighted by molar-refractivity contribution is 0.0723. The van der Waals surface area contributed by atoms with Crippen LogP contribution >= 0.6 is 0 Å². The van der Waals surface area contributed by atoms with E-state index in [4.69, 9.17) is 9.47 Å². The van der Waals surface area contributed by atoms with Crippen molar-refractivity contribution in [2.24, 2.45) is 0 Å². The third-order valence-electron chi connectivity index (χ3n) is 4.32. The van der Waals surface area contributed by atoms with Crippen LogP contribution in [0.3, 0.4) is 0 Å². The van der Waals surface area contributed by atoms with Gasteiger partial charge in [0.25, 0.3) is 0 Å².